The third-order valence-electron chi connectivity index (χ3n) is 6.23. The van der Waals surface area contributed by atoms with E-state index in [1.165, 1.54) is 6.92 Å². The van der Waals surface area contributed by atoms with Crippen LogP contribution < -0.4 is 4.74 Å². The Balaban J connectivity index is 1.39. The number of piperidine rings is 1. The van der Waals surface area contributed by atoms with Gasteiger partial charge in [0.2, 0.25) is 0 Å². The average molecular weight is 489 g/mol. The molecule has 6 heteroatoms. The molecule has 0 aliphatic carbocycles. The molecular formula is C29H29ClN2O3. The normalized spacial score (nSPS) is 15.2. The van der Waals surface area contributed by atoms with E-state index in [-0.39, 0.29) is 5.78 Å². The van der Waals surface area contributed by atoms with Gasteiger partial charge in [-0.2, -0.15) is 0 Å². The number of Topliss-reactive ketones (excluding diaryl/α,β-unsaturated/α-hetero) is 1. The van der Waals surface area contributed by atoms with Crippen LogP contribution in [0, 0.1) is 11.8 Å². The summed E-state index contributed by atoms with van der Waals surface area (Å²) in [5.74, 6) is 6.66. The molecule has 1 aliphatic heterocycles. The number of hydrogen-bond acceptors (Lipinski definition) is 5. The van der Waals surface area contributed by atoms with Crippen LogP contribution >= 0.6 is 11.6 Å². The summed E-state index contributed by atoms with van der Waals surface area (Å²) < 4.78 is 5.94. The fourth-order valence-corrected chi connectivity index (χ4v) is 4.09. The van der Waals surface area contributed by atoms with Crippen molar-refractivity contribution in [2.75, 3.05) is 26.2 Å². The van der Waals surface area contributed by atoms with Crippen molar-refractivity contribution in [1.29, 1.82) is 0 Å². The highest BCUT2D eigenvalue weighted by molar-refractivity contribution is 6.30. The van der Waals surface area contributed by atoms with Crippen molar-refractivity contribution >= 4 is 17.4 Å². The van der Waals surface area contributed by atoms with Crippen LogP contribution in [-0.4, -0.2) is 52.6 Å². The molecule has 0 atom stereocenters. The number of carbonyl (C=O) groups excluding carboxylic acids is 1. The predicted octanol–water partition coefficient (Wildman–Crippen LogP) is 5.23. The van der Waals surface area contributed by atoms with Gasteiger partial charge in [0.1, 0.15) is 18.1 Å². The van der Waals surface area contributed by atoms with E-state index >= 15 is 0 Å². The molecule has 0 unspecified atom stereocenters. The summed E-state index contributed by atoms with van der Waals surface area (Å²) in [6.45, 7) is 6.35. The zero-order valence-electron chi connectivity index (χ0n) is 20.1. The van der Waals surface area contributed by atoms with Crippen molar-refractivity contribution in [1.82, 2.24) is 9.88 Å². The zero-order valence-corrected chi connectivity index (χ0v) is 20.8. The molecule has 1 fully saturated rings. The number of aromatic nitrogens is 1. The first-order chi connectivity index (χ1) is 16.8. The molecule has 1 aliphatic rings. The minimum Gasteiger partial charge on any atom is -0.491 e. The zero-order chi connectivity index (χ0) is 24.8. The maximum atomic E-state index is 12.2. The van der Waals surface area contributed by atoms with Gasteiger partial charge in [0.05, 0.1) is 11.2 Å². The molecule has 35 heavy (non-hydrogen) atoms. The summed E-state index contributed by atoms with van der Waals surface area (Å²) in [7, 11) is 0. The number of hydrogen-bond donors (Lipinski definition) is 1. The Morgan fingerprint density at radius 1 is 1.09 bits per heavy atom. The lowest BCUT2D eigenvalue weighted by atomic mass is 9.94. The monoisotopic (exact) mass is 488 g/mol. The second-order valence-corrected chi connectivity index (χ2v) is 9.58. The molecule has 0 saturated carbocycles. The van der Waals surface area contributed by atoms with Crippen molar-refractivity contribution in [2.45, 2.75) is 32.3 Å². The summed E-state index contributed by atoms with van der Waals surface area (Å²) in [4.78, 5) is 19.0. The number of ketones is 1. The Morgan fingerprint density at radius 2 is 1.80 bits per heavy atom. The molecule has 4 rings (SSSR count). The van der Waals surface area contributed by atoms with E-state index in [1.54, 1.807) is 18.3 Å². The smallest absolute Gasteiger partial charge is 0.163 e. The number of ether oxygens (including phenoxy) is 1. The van der Waals surface area contributed by atoms with Crippen molar-refractivity contribution in [3.8, 4) is 28.7 Å². The van der Waals surface area contributed by atoms with E-state index in [2.05, 4.69) is 21.7 Å². The lowest BCUT2D eigenvalue weighted by Gasteiger charge is -2.35. The molecule has 1 saturated heterocycles. The largest absolute Gasteiger partial charge is 0.491 e. The molecule has 5 nitrogen and oxygen atoms in total. The number of aliphatic hydroxyl groups is 1. The molecule has 2 heterocycles. The highest BCUT2D eigenvalue weighted by Crippen LogP contribution is 2.23. The summed E-state index contributed by atoms with van der Waals surface area (Å²) >= 11 is 5.96. The maximum Gasteiger partial charge on any atom is 0.163 e. The van der Waals surface area contributed by atoms with Gasteiger partial charge in [-0.25, -0.2) is 4.98 Å². The standard InChI is InChI=1S/C29H29ClN2O3/c1-21(33)27-19-22(4-12-28(27)35-18-17-32-15-13-29(2,34)14-16-32)3-10-26-11-7-24(20-31-26)23-5-8-25(30)9-6-23/h4-9,11-12,19-20,34H,13-18H2,1-2H3. The second kappa shape index (κ2) is 11.0. The van der Waals surface area contributed by atoms with E-state index in [1.807, 2.05) is 49.4 Å². The number of pyridine rings is 1. The summed E-state index contributed by atoms with van der Waals surface area (Å²) in [5, 5.41) is 10.8. The van der Waals surface area contributed by atoms with E-state index in [9.17, 15) is 9.90 Å². The Labute approximate surface area is 211 Å². The van der Waals surface area contributed by atoms with Crippen LogP contribution in [0.4, 0.5) is 0 Å². The number of rotatable bonds is 6. The van der Waals surface area contributed by atoms with Crippen LogP contribution in [0.15, 0.2) is 60.8 Å². The SMILES string of the molecule is CC(=O)c1cc(C#Cc2ccc(-c3ccc(Cl)cc3)cn2)ccc1OCCN1CCC(C)(O)CC1. The van der Waals surface area contributed by atoms with Gasteiger partial charge < -0.3 is 9.84 Å². The Kier molecular flexibility index (Phi) is 7.87. The summed E-state index contributed by atoms with van der Waals surface area (Å²) in [6, 6.07) is 16.9. The molecular weight excluding hydrogens is 460 g/mol. The molecule has 1 aromatic heterocycles. The lowest BCUT2D eigenvalue weighted by Crippen LogP contribution is -2.43. The number of carbonyl (C=O) groups is 1. The fourth-order valence-electron chi connectivity index (χ4n) is 3.97. The van der Waals surface area contributed by atoms with Gasteiger partial charge >= 0.3 is 0 Å². The lowest BCUT2D eigenvalue weighted by molar-refractivity contribution is -0.00770. The molecule has 3 aromatic rings. The topological polar surface area (TPSA) is 62.7 Å². The average Bonchev–Trinajstić information content (AvgIpc) is 2.85. The number of likely N-dealkylation sites (tertiary alicyclic amines) is 1. The van der Waals surface area contributed by atoms with Gasteiger partial charge in [-0.1, -0.05) is 35.7 Å². The highest BCUT2D eigenvalue weighted by atomic mass is 35.5. The molecule has 0 radical (unpaired) electrons. The number of benzene rings is 2. The van der Waals surface area contributed by atoms with E-state index in [0.717, 1.165) is 49.2 Å². The molecule has 180 valence electrons. The van der Waals surface area contributed by atoms with Crippen molar-refractivity contribution in [3.05, 3.63) is 82.6 Å². The molecule has 0 bridgehead atoms. The minimum atomic E-state index is -0.565. The van der Waals surface area contributed by atoms with Crippen molar-refractivity contribution in [2.24, 2.45) is 0 Å². The Morgan fingerprint density at radius 3 is 2.46 bits per heavy atom. The van der Waals surface area contributed by atoms with Gasteiger partial charge in [0, 0.05) is 42.0 Å². The van der Waals surface area contributed by atoms with Crippen LogP contribution in [0.2, 0.25) is 5.02 Å². The fraction of sp³-hybridized carbons (Fsp3) is 0.310. The van der Waals surface area contributed by atoms with Crippen LogP contribution in [0.1, 0.15) is 48.3 Å². The van der Waals surface area contributed by atoms with Crippen LogP contribution in [0.3, 0.4) is 0 Å². The van der Waals surface area contributed by atoms with Crippen molar-refractivity contribution < 1.29 is 14.6 Å². The number of halogens is 1. The Hall–Kier alpha value is -3.17. The van der Waals surface area contributed by atoms with Gasteiger partial charge in [-0.15, -0.1) is 0 Å². The molecule has 1 N–H and O–H groups in total. The first kappa shape index (κ1) is 24.9. The molecule has 2 aromatic carbocycles. The Bertz CT molecular complexity index is 1230. The second-order valence-electron chi connectivity index (χ2n) is 9.14. The van der Waals surface area contributed by atoms with Gasteiger partial charge in [0.25, 0.3) is 0 Å². The maximum absolute atomic E-state index is 12.2. The third-order valence-corrected chi connectivity index (χ3v) is 6.49. The van der Waals surface area contributed by atoms with Gasteiger partial charge in [0.15, 0.2) is 5.78 Å². The summed E-state index contributed by atoms with van der Waals surface area (Å²) in [5.41, 5.74) is 3.35. The molecule has 0 spiro atoms. The first-order valence-corrected chi connectivity index (χ1v) is 12.1. The minimum absolute atomic E-state index is 0.0666. The van der Waals surface area contributed by atoms with E-state index < -0.39 is 5.60 Å². The van der Waals surface area contributed by atoms with Crippen LogP contribution in [0.25, 0.3) is 11.1 Å². The first-order valence-electron chi connectivity index (χ1n) is 11.8. The van der Waals surface area contributed by atoms with Gasteiger partial charge in [-0.3, -0.25) is 9.69 Å². The van der Waals surface area contributed by atoms with Crippen LogP contribution in [0.5, 0.6) is 5.75 Å². The van der Waals surface area contributed by atoms with E-state index in [4.69, 9.17) is 16.3 Å². The predicted molar refractivity (Wildman–Crippen MR) is 139 cm³/mol. The quantitative estimate of drug-likeness (QED) is 0.380. The van der Waals surface area contributed by atoms with Gasteiger partial charge in [-0.05, 0) is 74.6 Å². The summed E-state index contributed by atoms with van der Waals surface area (Å²) in [6.07, 6.45) is 3.31. The van der Waals surface area contributed by atoms with Crippen LogP contribution in [-0.2, 0) is 0 Å². The molecule has 0 amide bonds. The number of nitrogens with zero attached hydrogens (tertiary/aromatic N) is 2. The third kappa shape index (κ3) is 6.93. The van der Waals surface area contributed by atoms with Crippen molar-refractivity contribution in [3.63, 3.8) is 0 Å². The highest BCUT2D eigenvalue weighted by Gasteiger charge is 2.27. The van der Waals surface area contributed by atoms with E-state index in [0.29, 0.717) is 28.6 Å².